The highest BCUT2D eigenvalue weighted by molar-refractivity contribution is 6.53. The minimum Gasteiger partial charge on any atom is -0.396 e. The van der Waals surface area contributed by atoms with Crippen molar-refractivity contribution in [3.05, 3.63) is 41.7 Å². The van der Waals surface area contributed by atoms with Crippen LogP contribution in [0.3, 0.4) is 0 Å². The third-order valence-corrected chi connectivity index (χ3v) is 4.51. The van der Waals surface area contributed by atoms with Gasteiger partial charge in [0.2, 0.25) is 0 Å². The lowest BCUT2D eigenvalue weighted by atomic mass is 10.0. The summed E-state index contributed by atoms with van der Waals surface area (Å²) in [5.41, 5.74) is 1.19. The molecule has 1 aromatic carbocycles. The number of unbranched alkanes of at least 4 members (excludes halogenated alkanes) is 2. The molecule has 0 aromatic heterocycles. The van der Waals surface area contributed by atoms with E-state index in [1.165, 1.54) is 5.57 Å². The molecule has 5 heteroatoms. The van der Waals surface area contributed by atoms with Gasteiger partial charge in [0.05, 0.1) is 9.52 Å². The van der Waals surface area contributed by atoms with Crippen LogP contribution in [0.1, 0.15) is 38.5 Å². The van der Waals surface area contributed by atoms with Crippen molar-refractivity contribution in [2.75, 3.05) is 6.61 Å². The summed E-state index contributed by atoms with van der Waals surface area (Å²) in [5.74, 6) is -3.63. The molecule has 0 aliphatic rings. The molecule has 0 aliphatic carbocycles. The van der Waals surface area contributed by atoms with E-state index >= 15 is 0 Å². The molecule has 1 aromatic rings. The summed E-state index contributed by atoms with van der Waals surface area (Å²) in [5, 5.41) is 9.21. The third-order valence-electron chi connectivity index (χ3n) is 3.21. The lowest BCUT2D eigenvalue weighted by Crippen LogP contribution is -2.16. The fraction of sp³-hybridized carbons (Fsp3) is 0.500. The summed E-state index contributed by atoms with van der Waals surface area (Å²) in [6, 6.07) is 2.99. The van der Waals surface area contributed by atoms with Crippen LogP contribution in [0.4, 0.5) is 13.2 Å². The summed E-state index contributed by atoms with van der Waals surface area (Å²) in [6.07, 6.45) is 5.61. The van der Waals surface area contributed by atoms with E-state index in [4.69, 9.17) is 5.11 Å². The molecule has 1 N–H and O–H groups in total. The number of hydrogen-bond donors (Lipinski definition) is 1. The fourth-order valence-electron chi connectivity index (χ4n) is 2.00. The van der Waals surface area contributed by atoms with Crippen LogP contribution in [0.25, 0.3) is 0 Å². The molecule has 0 saturated carbocycles. The van der Waals surface area contributed by atoms with E-state index in [0.29, 0.717) is 5.19 Å². The number of hydrogen-bond acceptors (Lipinski definition) is 1. The summed E-state index contributed by atoms with van der Waals surface area (Å²) in [7, 11) is 0.289. The van der Waals surface area contributed by atoms with Gasteiger partial charge in [-0.1, -0.05) is 29.8 Å². The maximum absolute atomic E-state index is 13.0. The van der Waals surface area contributed by atoms with Gasteiger partial charge in [-0.3, -0.25) is 0 Å². The molecule has 2 radical (unpaired) electrons. The van der Waals surface area contributed by atoms with Gasteiger partial charge in [0.25, 0.3) is 0 Å². The monoisotopic (exact) mass is 314 g/mol. The predicted molar refractivity (Wildman–Crippen MR) is 80.4 cm³/mol. The Morgan fingerprint density at radius 1 is 1.00 bits per heavy atom. The summed E-state index contributed by atoms with van der Waals surface area (Å²) in [6.45, 7) is 4.22. The van der Waals surface area contributed by atoms with E-state index in [-0.39, 0.29) is 16.1 Å². The van der Waals surface area contributed by atoms with Crippen LogP contribution in [0.5, 0.6) is 0 Å². The highest BCUT2D eigenvalue weighted by Crippen LogP contribution is 2.14. The first-order valence-electron chi connectivity index (χ1n) is 7.20. The maximum Gasteiger partial charge on any atom is 0.194 e. The van der Waals surface area contributed by atoms with Crippen LogP contribution in [-0.4, -0.2) is 21.2 Å². The van der Waals surface area contributed by atoms with Gasteiger partial charge in [0.15, 0.2) is 17.5 Å². The minimum absolute atomic E-state index is 0.221. The SMILES string of the molecule is C=C(CCCCO)CCCC[Si]c1cc(F)c(F)c(F)c1. The molecule has 0 spiro atoms. The van der Waals surface area contributed by atoms with Crippen LogP contribution in [-0.2, 0) is 0 Å². The first kappa shape index (κ1) is 18.0. The van der Waals surface area contributed by atoms with Crippen molar-refractivity contribution in [1.29, 1.82) is 0 Å². The standard InChI is InChI=1S/C16H21F3OSi/c1-12(6-2-4-8-20)7-3-5-9-21-13-10-14(17)16(19)15(18)11-13/h10-11,20H,1-9H2. The van der Waals surface area contributed by atoms with E-state index in [1.807, 2.05) is 0 Å². The van der Waals surface area contributed by atoms with Gasteiger partial charge < -0.3 is 5.11 Å². The first-order valence-corrected chi connectivity index (χ1v) is 8.41. The van der Waals surface area contributed by atoms with Gasteiger partial charge in [-0.05, 0) is 44.2 Å². The molecule has 0 aliphatic heterocycles. The van der Waals surface area contributed by atoms with E-state index in [9.17, 15) is 13.2 Å². The topological polar surface area (TPSA) is 20.2 Å². The van der Waals surface area contributed by atoms with Gasteiger partial charge in [-0.25, -0.2) is 13.2 Å². The van der Waals surface area contributed by atoms with Crippen molar-refractivity contribution < 1.29 is 18.3 Å². The van der Waals surface area contributed by atoms with E-state index in [1.54, 1.807) is 0 Å². The molecule has 21 heavy (non-hydrogen) atoms. The van der Waals surface area contributed by atoms with E-state index < -0.39 is 17.5 Å². The number of halogens is 3. The molecule has 1 rings (SSSR count). The van der Waals surface area contributed by atoms with Crippen LogP contribution >= 0.6 is 0 Å². The van der Waals surface area contributed by atoms with Crippen molar-refractivity contribution in [3.8, 4) is 0 Å². The van der Waals surface area contributed by atoms with Crippen LogP contribution in [0.15, 0.2) is 24.3 Å². The van der Waals surface area contributed by atoms with E-state index in [0.717, 1.165) is 56.7 Å². The van der Waals surface area contributed by atoms with Crippen LogP contribution in [0, 0.1) is 17.5 Å². The molecule has 0 heterocycles. The normalized spacial score (nSPS) is 10.9. The lowest BCUT2D eigenvalue weighted by molar-refractivity contribution is 0.284. The molecule has 116 valence electrons. The number of aliphatic hydroxyl groups is 1. The largest absolute Gasteiger partial charge is 0.396 e. The summed E-state index contributed by atoms with van der Waals surface area (Å²) in [4.78, 5) is 0. The van der Waals surface area contributed by atoms with Gasteiger partial charge in [-0.15, -0.1) is 0 Å². The quantitative estimate of drug-likeness (QED) is 0.302. The number of benzene rings is 1. The zero-order valence-electron chi connectivity index (χ0n) is 12.1. The fourth-order valence-corrected chi connectivity index (χ4v) is 3.18. The Bertz CT molecular complexity index is 440. The van der Waals surface area contributed by atoms with Crippen molar-refractivity contribution in [1.82, 2.24) is 0 Å². The smallest absolute Gasteiger partial charge is 0.194 e. The molecule has 1 nitrogen and oxygen atoms in total. The molecule has 0 saturated heterocycles. The second kappa shape index (κ2) is 9.79. The Morgan fingerprint density at radius 3 is 2.14 bits per heavy atom. The summed E-state index contributed by atoms with van der Waals surface area (Å²) >= 11 is 0. The molecular weight excluding hydrogens is 293 g/mol. The molecular formula is C16H21F3OSi. The van der Waals surface area contributed by atoms with E-state index in [2.05, 4.69) is 6.58 Å². The van der Waals surface area contributed by atoms with Crippen LogP contribution in [0.2, 0.25) is 6.04 Å². The average Bonchev–Trinajstić information content (AvgIpc) is 2.44. The van der Waals surface area contributed by atoms with Crippen LogP contribution < -0.4 is 5.19 Å². The van der Waals surface area contributed by atoms with Crippen molar-refractivity contribution in [2.45, 2.75) is 44.6 Å². The zero-order valence-corrected chi connectivity index (χ0v) is 13.1. The molecule has 0 amide bonds. The number of aliphatic hydroxyl groups excluding tert-OH is 1. The average molecular weight is 314 g/mol. The lowest BCUT2D eigenvalue weighted by Gasteiger charge is -2.05. The van der Waals surface area contributed by atoms with Gasteiger partial charge >= 0.3 is 0 Å². The van der Waals surface area contributed by atoms with Crippen molar-refractivity contribution in [2.24, 2.45) is 0 Å². The van der Waals surface area contributed by atoms with Crippen molar-refractivity contribution >= 4 is 14.7 Å². The Kier molecular flexibility index (Phi) is 8.38. The minimum atomic E-state index is -1.40. The molecule has 0 unspecified atom stereocenters. The van der Waals surface area contributed by atoms with Gasteiger partial charge in [0.1, 0.15) is 0 Å². The highest BCUT2D eigenvalue weighted by atomic mass is 28.2. The molecule has 0 fully saturated rings. The maximum atomic E-state index is 13.0. The second-order valence-corrected chi connectivity index (χ2v) is 6.50. The Labute approximate surface area is 126 Å². The van der Waals surface area contributed by atoms with Crippen molar-refractivity contribution in [3.63, 3.8) is 0 Å². The molecule has 0 bridgehead atoms. The molecule has 0 atom stereocenters. The zero-order chi connectivity index (χ0) is 15.7. The van der Waals surface area contributed by atoms with Gasteiger partial charge in [-0.2, -0.15) is 0 Å². The first-order chi connectivity index (χ1) is 10.0. The second-order valence-electron chi connectivity index (χ2n) is 5.07. The predicted octanol–water partition coefficient (Wildman–Crippen LogP) is 3.74. The Balaban J connectivity index is 2.18. The third kappa shape index (κ3) is 6.95. The highest BCUT2D eigenvalue weighted by Gasteiger charge is 2.10. The number of allylic oxidation sites excluding steroid dienone is 1. The number of rotatable bonds is 10. The Hall–Kier alpha value is -1.07. The summed E-state index contributed by atoms with van der Waals surface area (Å²) < 4.78 is 38.9. The Morgan fingerprint density at radius 2 is 1.57 bits per heavy atom. The van der Waals surface area contributed by atoms with Gasteiger partial charge in [0, 0.05) is 6.61 Å².